The third-order valence-electron chi connectivity index (χ3n) is 7.99. The molecule has 2 saturated carbocycles. The second-order valence-electron chi connectivity index (χ2n) is 10.3. The number of nitrogens with one attached hydrogen (secondary N) is 1. The highest BCUT2D eigenvalue weighted by atomic mass is 32.1. The van der Waals surface area contributed by atoms with Gasteiger partial charge in [-0.2, -0.15) is 0 Å². The van der Waals surface area contributed by atoms with Crippen molar-refractivity contribution in [3.05, 3.63) is 23.2 Å². The van der Waals surface area contributed by atoms with Crippen molar-refractivity contribution in [3.8, 4) is 0 Å². The number of nitrogens with zero attached hydrogens (tertiary/aromatic N) is 2. The van der Waals surface area contributed by atoms with Gasteiger partial charge in [0.2, 0.25) is 5.91 Å². The SMILES string of the molecule is CC1CCC(NC(=O)[C@@]2(C)Cn3c(cc4sccc43)C(=O)N2C2CCCCCC2)CC1. The molecular formula is C25H35N3O2S. The molecule has 2 fully saturated rings. The predicted octanol–water partition coefficient (Wildman–Crippen LogP) is 5.34. The quantitative estimate of drug-likeness (QED) is 0.654. The standard InChI is InChI=1S/C25H35N3O2S/c1-17-9-11-18(12-10-17)26-24(30)25(2)16-27-20-13-14-31-22(20)15-21(27)23(29)28(25)19-7-5-3-4-6-8-19/h13-15,17-19H,3-12,16H2,1-2H3,(H,26,30)/t17?,18?,25-/m1/s1. The number of carbonyl (C=O) groups excluding carboxylic acids is 2. The van der Waals surface area contributed by atoms with Crippen molar-refractivity contribution >= 4 is 33.4 Å². The Bertz CT molecular complexity index is 963. The average Bonchev–Trinajstić information content (AvgIpc) is 3.23. The van der Waals surface area contributed by atoms with Gasteiger partial charge in [0.1, 0.15) is 11.2 Å². The van der Waals surface area contributed by atoms with E-state index in [4.69, 9.17) is 0 Å². The number of aromatic nitrogens is 1. The third kappa shape index (κ3) is 3.71. The summed E-state index contributed by atoms with van der Waals surface area (Å²) in [6.07, 6.45) is 11.2. The first-order valence-electron chi connectivity index (χ1n) is 12.2. The minimum atomic E-state index is -0.851. The predicted molar refractivity (Wildman–Crippen MR) is 125 cm³/mol. The van der Waals surface area contributed by atoms with E-state index in [0.717, 1.165) is 60.4 Å². The fourth-order valence-electron chi connectivity index (χ4n) is 6.07. The molecule has 0 radical (unpaired) electrons. The Kier molecular flexibility index (Phi) is 5.61. The lowest BCUT2D eigenvalue weighted by Gasteiger charge is -2.48. The number of carbonyl (C=O) groups is 2. The number of amides is 2. The minimum Gasteiger partial charge on any atom is -0.351 e. The van der Waals surface area contributed by atoms with Crippen LogP contribution < -0.4 is 5.32 Å². The lowest BCUT2D eigenvalue weighted by molar-refractivity contribution is -0.135. The highest BCUT2D eigenvalue weighted by molar-refractivity contribution is 7.17. The highest BCUT2D eigenvalue weighted by Gasteiger charge is 2.50. The molecule has 2 amide bonds. The van der Waals surface area contributed by atoms with Crippen LogP contribution in [0.4, 0.5) is 0 Å². The van der Waals surface area contributed by atoms with Gasteiger partial charge in [0.25, 0.3) is 5.91 Å². The van der Waals surface area contributed by atoms with Gasteiger partial charge in [0.15, 0.2) is 0 Å². The van der Waals surface area contributed by atoms with Crippen LogP contribution >= 0.6 is 11.3 Å². The van der Waals surface area contributed by atoms with Gasteiger partial charge in [0.05, 0.1) is 16.8 Å². The zero-order valence-corrected chi connectivity index (χ0v) is 19.7. The Morgan fingerprint density at radius 2 is 1.81 bits per heavy atom. The van der Waals surface area contributed by atoms with Crippen LogP contribution in [0.25, 0.3) is 10.2 Å². The van der Waals surface area contributed by atoms with E-state index in [1.807, 2.05) is 17.9 Å². The van der Waals surface area contributed by atoms with Crippen LogP contribution in [0.5, 0.6) is 0 Å². The molecule has 0 saturated heterocycles. The van der Waals surface area contributed by atoms with Crippen LogP contribution in [0.3, 0.4) is 0 Å². The first-order valence-corrected chi connectivity index (χ1v) is 13.1. The number of rotatable bonds is 3. The van der Waals surface area contributed by atoms with E-state index in [9.17, 15) is 9.59 Å². The molecule has 1 atom stereocenters. The van der Waals surface area contributed by atoms with Crippen molar-refractivity contribution < 1.29 is 9.59 Å². The number of hydrogen-bond acceptors (Lipinski definition) is 3. The van der Waals surface area contributed by atoms with Crippen LogP contribution in [0.15, 0.2) is 17.5 Å². The van der Waals surface area contributed by atoms with Crippen molar-refractivity contribution in [1.29, 1.82) is 0 Å². The average molecular weight is 442 g/mol. The summed E-state index contributed by atoms with van der Waals surface area (Å²) in [6, 6.07) is 4.50. The van der Waals surface area contributed by atoms with Crippen LogP contribution in [0.1, 0.15) is 88.5 Å². The normalized spacial score (nSPS) is 30.3. The second-order valence-corrected chi connectivity index (χ2v) is 11.3. The largest absolute Gasteiger partial charge is 0.351 e. The summed E-state index contributed by atoms with van der Waals surface area (Å²) in [7, 11) is 0. The maximum Gasteiger partial charge on any atom is 0.271 e. The summed E-state index contributed by atoms with van der Waals surface area (Å²) in [5.74, 6) is 0.820. The van der Waals surface area contributed by atoms with Gasteiger partial charge in [0, 0.05) is 12.1 Å². The van der Waals surface area contributed by atoms with E-state index in [0.29, 0.717) is 6.54 Å². The van der Waals surface area contributed by atoms with Gasteiger partial charge in [-0.05, 0) is 68.9 Å². The topological polar surface area (TPSA) is 54.3 Å². The Morgan fingerprint density at radius 3 is 2.52 bits per heavy atom. The van der Waals surface area contributed by atoms with E-state index >= 15 is 0 Å². The van der Waals surface area contributed by atoms with Crippen LogP contribution in [-0.2, 0) is 11.3 Å². The maximum atomic E-state index is 13.9. The van der Waals surface area contributed by atoms with E-state index in [2.05, 4.69) is 28.3 Å². The van der Waals surface area contributed by atoms with Gasteiger partial charge < -0.3 is 14.8 Å². The second kappa shape index (κ2) is 8.27. The molecular weight excluding hydrogens is 406 g/mol. The van der Waals surface area contributed by atoms with E-state index in [-0.39, 0.29) is 23.9 Å². The molecule has 3 heterocycles. The highest BCUT2D eigenvalue weighted by Crippen LogP contribution is 2.38. The molecule has 1 aliphatic heterocycles. The van der Waals surface area contributed by atoms with Gasteiger partial charge >= 0.3 is 0 Å². The Balaban J connectivity index is 1.50. The fraction of sp³-hybridized carbons (Fsp3) is 0.680. The lowest BCUT2D eigenvalue weighted by Crippen LogP contribution is -2.67. The van der Waals surface area contributed by atoms with E-state index < -0.39 is 5.54 Å². The molecule has 2 aromatic heterocycles. The molecule has 6 heteroatoms. The Morgan fingerprint density at radius 1 is 1.10 bits per heavy atom. The van der Waals surface area contributed by atoms with Crippen LogP contribution in [0.2, 0.25) is 0 Å². The van der Waals surface area contributed by atoms with Crippen molar-refractivity contribution in [3.63, 3.8) is 0 Å². The number of thiophene rings is 1. The maximum absolute atomic E-state index is 13.9. The monoisotopic (exact) mass is 441 g/mol. The van der Waals surface area contributed by atoms with E-state index in [1.165, 1.54) is 25.7 Å². The third-order valence-corrected chi connectivity index (χ3v) is 8.84. The summed E-state index contributed by atoms with van der Waals surface area (Å²) in [5.41, 5.74) is 0.984. The molecule has 5 rings (SSSR count). The number of fused-ring (bicyclic) bond motifs is 3. The molecule has 31 heavy (non-hydrogen) atoms. The Labute approximate surface area is 189 Å². The van der Waals surface area contributed by atoms with Crippen molar-refractivity contribution in [2.75, 3.05) is 0 Å². The van der Waals surface area contributed by atoms with Gasteiger partial charge in [-0.3, -0.25) is 9.59 Å². The smallest absolute Gasteiger partial charge is 0.271 e. The summed E-state index contributed by atoms with van der Waals surface area (Å²) in [6.45, 7) is 4.85. The molecule has 1 N–H and O–H groups in total. The van der Waals surface area contributed by atoms with Crippen molar-refractivity contribution in [2.45, 2.75) is 102 Å². The van der Waals surface area contributed by atoms with Gasteiger partial charge in [-0.25, -0.2) is 0 Å². The van der Waals surface area contributed by atoms with Gasteiger partial charge in [-0.15, -0.1) is 11.3 Å². The zero-order chi connectivity index (χ0) is 21.6. The molecule has 2 aliphatic carbocycles. The Hall–Kier alpha value is -1.82. The molecule has 168 valence electrons. The summed E-state index contributed by atoms with van der Waals surface area (Å²) >= 11 is 1.67. The zero-order valence-electron chi connectivity index (χ0n) is 18.9. The van der Waals surface area contributed by atoms with Crippen LogP contribution in [-0.4, -0.2) is 38.9 Å². The molecule has 0 bridgehead atoms. The molecule has 0 aromatic carbocycles. The van der Waals surface area contributed by atoms with Crippen molar-refractivity contribution in [1.82, 2.24) is 14.8 Å². The van der Waals surface area contributed by atoms with Gasteiger partial charge in [-0.1, -0.05) is 32.6 Å². The number of hydrogen-bond donors (Lipinski definition) is 1. The van der Waals surface area contributed by atoms with Crippen molar-refractivity contribution in [2.24, 2.45) is 5.92 Å². The lowest BCUT2D eigenvalue weighted by atomic mass is 9.86. The first kappa shape index (κ1) is 21.0. The molecule has 0 unspecified atom stereocenters. The molecule has 5 nitrogen and oxygen atoms in total. The summed E-state index contributed by atoms with van der Waals surface area (Å²) < 4.78 is 3.24. The van der Waals surface area contributed by atoms with Crippen LogP contribution in [0, 0.1) is 5.92 Å². The summed E-state index contributed by atoms with van der Waals surface area (Å²) in [5, 5.41) is 5.45. The molecule has 2 aromatic rings. The molecule has 3 aliphatic rings. The van der Waals surface area contributed by atoms with E-state index in [1.54, 1.807) is 11.3 Å². The minimum absolute atomic E-state index is 0.0346. The first-order chi connectivity index (χ1) is 15.0. The summed E-state index contributed by atoms with van der Waals surface area (Å²) in [4.78, 5) is 29.7. The molecule has 0 spiro atoms. The fourth-order valence-corrected chi connectivity index (χ4v) is 6.89.